The molecule has 0 saturated heterocycles. The van der Waals surface area contributed by atoms with Crippen LogP contribution in [0, 0.1) is 15.9 Å². The summed E-state index contributed by atoms with van der Waals surface area (Å²) in [6, 6.07) is 5.26. The molecule has 1 aromatic heterocycles. The second-order valence-corrected chi connectivity index (χ2v) is 5.10. The molecule has 0 atom stereocenters. The second-order valence-electron chi connectivity index (χ2n) is 3.48. The zero-order valence-electron chi connectivity index (χ0n) is 9.03. The fourth-order valence-electron chi connectivity index (χ4n) is 1.48. The fraction of sp³-hybridized carbons (Fsp3) is 0. The zero-order chi connectivity index (χ0) is 14.2. The molecule has 98 valence electrons. The van der Waals surface area contributed by atoms with Gasteiger partial charge in [-0.05, 0) is 34.1 Å². The summed E-state index contributed by atoms with van der Waals surface area (Å²) in [6.45, 7) is 0. The molecule has 0 aliphatic heterocycles. The van der Waals surface area contributed by atoms with Gasteiger partial charge >= 0.3 is 0 Å². The Bertz CT molecular complexity index is 682. The Labute approximate surface area is 125 Å². The summed E-state index contributed by atoms with van der Waals surface area (Å²) in [5.74, 6) is -0.797. The Morgan fingerprint density at radius 1 is 1.26 bits per heavy atom. The van der Waals surface area contributed by atoms with Gasteiger partial charge in [-0.25, -0.2) is 9.37 Å². The second kappa shape index (κ2) is 5.40. The van der Waals surface area contributed by atoms with E-state index in [0.29, 0.717) is 4.47 Å². The monoisotopic (exact) mass is 364 g/mol. The maximum atomic E-state index is 14.1. The van der Waals surface area contributed by atoms with Crippen LogP contribution in [0.3, 0.4) is 0 Å². The first kappa shape index (κ1) is 14.2. The normalized spacial score (nSPS) is 10.5. The van der Waals surface area contributed by atoms with E-state index in [2.05, 4.69) is 20.9 Å². The van der Waals surface area contributed by atoms with Gasteiger partial charge in [0.05, 0.1) is 9.95 Å². The number of nitrogens with zero attached hydrogens (tertiary/aromatic N) is 2. The van der Waals surface area contributed by atoms with Gasteiger partial charge in [0.2, 0.25) is 0 Å². The molecular formula is C11H4BrCl2FN2O2. The number of hydrogen-bond acceptors (Lipinski definition) is 3. The van der Waals surface area contributed by atoms with Crippen molar-refractivity contribution in [3.05, 3.63) is 54.8 Å². The van der Waals surface area contributed by atoms with E-state index in [1.165, 1.54) is 24.3 Å². The third-order valence-electron chi connectivity index (χ3n) is 2.33. The van der Waals surface area contributed by atoms with Gasteiger partial charge in [0.25, 0.3) is 5.69 Å². The van der Waals surface area contributed by atoms with Crippen LogP contribution in [0.15, 0.2) is 28.7 Å². The Morgan fingerprint density at radius 3 is 2.58 bits per heavy atom. The minimum atomic E-state index is -0.797. The van der Waals surface area contributed by atoms with Gasteiger partial charge < -0.3 is 0 Å². The Balaban J connectivity index is 2.75. The molecule has 0 unspecified atom stereocenters. The number of aromatic nitrogens is 1. The lowest BCUT2D eigenvalue weighted by atomic mass is 10.1. The van der Waals surface area contributed by atoms with E-state index in [9.17, 15) is 14.5 Å². The number of halogens is 4. The molecular weight excluding hydrogens is 362 g/mol. The van der Waals surface area contributed by atoms with Gasteiger partial charge in [-0.1, -0.05) is 23.2 Å². The first-order valence-corrected chi connectivity index (χ1v) is 6.41. The first-order chi connectivity index (χ1) is 8.91. The number of rotatable bonds is 2. The van der Waals surface area contributed by atoms with E-state index in [4.69, 9.17) is 23.2 Å². The molecule has 19 heavy (non-hydrogen) atoms. The molecule has 0 amide bonds. The van der Waals surface area contributed by atoms with Crippen molar-refractivity contribution in [3.63, 3.8) is 0 Å². The molecule has 0 saturated carbocycles. The number of pyridine rings is 1. The summed E-state index contributed by atoms with van der Waals surface area (Å²) in [5, 5.41) is 10.8. The van der Waals surface area contributed by atoms with Gasteiger partial charge in [-0.3, -0.25) is 10.1 Å². The van der Waals surface area contributed by atoms with Crippen molar-refractivity contribution in [2.24, 2.45) is 0 Å². The smallest absolute Gasteiger partial charge is 0.258 e. The molecule has 2 rings (SSSR count). The van der Waals surface area contributed by atoms with Crippen LogP contribution in [0.25, 0.3) is 11.3 Å². The summed E-state index contributed by atoms with van der Waals surface area (Å²) >= 11 is 14.5. The summed E-state index contributed by atoms with van der Waals surface area (Å²) in [5.41, 5.74) is -0.589. The highest BCUT2D eigenvalue weighted by atomic mass is 79.9. The third kappa shape index (κ3) is 2.70. The summed E-state index contributed by atoms with van der Waals surface area (Å²) in [7, 11) is 0. The third-order valence-corrected chi connectivity index (χ3v) is 3.80. The van der Waals surface area contributed by atoms with E-state index in [1.807, 2.05) is 0 Å². The highest BCUT2D eigenvalue weighted by Gasteiger charge is 2.22. The quantitative estimate of drug-likeness (QED) is 0.330. The summed E-state index contributed by atoms with van der Waals surface area (Å²) in [4.78, 5) is 14.1. The molecule has 0 radical (unpaired) electrons. The van der Waals surface area contributed by atoms with Crippen LogP contribution in [0.4, 0.5) is 10.1 Å². The summed E-state index contributed by atoms with van der Waals surface area (Å²) in [6.07, 6.45) is 0. The van der Waals surface area contributed by atoms with E-state index in [0.717, 1.165) is 0 Å². The first-order valence-electron chi connectivity index (χ1n) is 4.86. The van der Waals surface area contributed by atoms with E-state index in [1.54, 1.807) is 0 Å². The van der Waals surface area contributed by atoms with Gasteiger partial charge in [0.15, 0.2) is 11.5 Å². The van der Waals surface area contributed by atoms with Crippen molar-refractivity contribution in [1.82, 2.24) is 4.98 Å². The van der Waals surface area contributed by atoms with Crippen LogP contribution < -0.4 is 0 Å². The molecule has 8 heteroatoms. The van der Waals surface area contributed by atoms with Crippen molar-refractivity contribution in [2.45, 2.75) is 0 Å². The maximum absolute atomic E-state index is 14.1. The van der Waals surface area contributed by atoms with Crippen molar-refractivity contribution < 1.29 is 9.31 Å². The SMILES string of the molecule is O=[N+]([O-])c1ccc(Cl)nc1-c1ccc(Br)c(Cl)c1F. The fourth-order valence-corrected chi connectivity index (χ4v) is 2.10. The van der Waals surface area contributed by atoms with Crippen LogP contribution in [0.1, 0.15) is 0 Å². The predicted molar refractivity (Wildman–Crippen MR) is 74.0 cm³/mol. The number of hydrogen-bond donors (Lipinski definition) is 0. The molecule has 1 aromatic carbocycles. The van der Waals surface area contributed by atoms with Crippen LogP contribution in [-0.2, 0) is 0 Å². The minimum Gasteiger partial charge on any atom is -0.258 e. The van der Waals surface area contributed by atoms with Crippen molar-refractivity contribution in [3.8, 4) is 11.3 Å². The van der Waals surface area contributed by atoms with E-state index < -0.39 is 10.7 Å². The van der Waals surface area contributed by atoms with Crippen LogP contribution in [-0.4, -0.2) is 9.91 Å². The van der Waals surface area contributed by atoms with Crippen molar-refractivity contribution in [1.29, 1.82) is 0 Å². The maximum Gasteiger partial charge on any atom is 0.295 e. The van der Waals surface area contributed by atoms with Crippen LogP contribution in [0.5, 0.6) is 0 Å². The van der Waals surface area contributed by atoms with Gasteiger partial charge in [0, 0.05) is 16.1 Å². The van der Waals surface area contributed by atoms with Gasteiger partial charge in [-0.2, -0.15) is 0 Å². The lowest BCUT2D eigenvalue weighted by Crippen LogP contribution is -1.97. The van der Waals surface area contributed by atoms with Gasteiger partial charge in [-0.15, -0.1) is 0 Å². The lowest BCUT2D eigenvalue weighted by molar-refractivity contribution is -0.384. The summed E-state index contributed by atoms with van der Waals surface area (Å²) < 4.78 is 14.4. The Hall–Kier alpha value is -1.24. The Morgan fingerprint density at radius 2 is 1.95 bits per heavy atom. The zero-order valence-corrected chi connectivity index (χ0v) is 12.1. The Kier molecular flexibility index (Phi) is 4.03. The van der Waals surface area contributed by atoms with Crippen LogP contribution in [0.2, 0.25) is 10.2 Å². The van der Waals surface area contributed by atoms with E-state index >= 15 is 0 Å². The highest BCUT2D eigenvalue weighted by Crippen LogP contribution is 2.36. The highest BCUT2D eigenvalue weighted by molar-refractivity contribution is 9.10. The molecule has 0 bridgehead atoms. The minimum absolute atomic E-state index is 0.0269. The average molecular weight is 366 g/mol. The largest absolute Gasteiger partial charge is 0.295 e. The topological polar surface area (TPSA) is 56.0 Å². The van der Waals surface area contributed by atoms with Crippen molar-refractivity contribution in [2.75, 3.05) is 0 Å². The average Bonchev–Trinajstić information content (AvgIpc) is 2.35. The molecule has 0 aliphatic carbocycles. The molecule has 0 aliphatic rings. The van der Waals surface area contributed by atoms with Crippen molar-refractivity contribution >= 4 is 44.8 Å². The number of nitro groups is 1. The molecule has 0 fully saturated rings. The van der Waals surface area contributed by atoms with Gasteiger partial charge in [0.1, 0.15) is 5.15 Å². The molecule has 0 N–H and O–H groups in total. The molecule has 4 nitrogen and oxygen atoms in total. The molecule has 2 aromatic rings. The standard InChI is InChI=1S/C11H4BrCl2FN2O2/c12-6-2-1-5(10(15)9(6)14)11-7(17(18)19)3-4-8(13)16-11/h1-4H. The predicted octanol–water partition coefficient (Wildman–Crippen LogP) is 4.87. The van der Waals surface area contributed by atoms with Crippen LogP contribution >= 0.6 is 39.1 Å². The van der Waals surface area contributed by atoms with E-state index in [-0.39, 0.29) is 27.1 Å². The number of benzene rings is 1. The molecule has 0 spiro atoms. The lowest BCUT2D eigenvalue weighted by Gasteiger charge is -2.06. The molecule has 1 heterocycles.